The van der Waals surface area contributed by atoms with Gasteiger partial charge in [0, 0.05) is 6.04 Å². The molecule has 7 nitrogen and oxygen atoms in total. The van der Waals surface area contributed by atoms with Crippen LogP contribution < -0.4 is 10.6 Å². The first-order valence-electron chi connectivity index (χ1n) is 7.31. The molecule has 0 saturated carbocycles. The van der Waals surface area contributed by atoms with Gasteiger partial charge in [-0.3, -0.25) is 4.79 Å². The van der Waals surface area contributed by atoms with Crippen LogP contribution in [0.25, 0.3) is 0 Å². The summed E-state index contributed by atoms with van der Waals surface area (Å²) in [5.74, 6) is -1.95. The number of carbonyl (C=O) groups excluding carboxylic acids is 2. The highest BCUT2D eigenvalue weighted by molar-refractivity contribution is 5.86. The molecule has 0 fully saturated rings. The van der Waals surface area contributed by atoms with Crippen LogP contribution in [0.3, 0.4) is 0 Å². The number of hydrogen-bond acceptors (Lipinski definition) is 4. The molecule has 0 heterocycles. The zero-order valence-corrected chi connectivity index (χ0v) is 13.0. The van der Waals surface area contributed by atoms with Crippen molar-refractivity contribution in [3.63, 3.8) is 0 Å². The van der Waals surface area contributed by atoms with Crippen molar-refractivity contribution in [1.29, 1.82) is 0 Å². The van der Waals surface area contributed by atoms with E-state index < -0.39 is 30.4 Å². The molecule has 21 heavy (non-hydrogen) atoms. The van der Waals surface area contributed by atoms with Crippen molar-refractivity contribution in [2.24, 2.45) is 0 Å². The van der Waals surface area contributed by atoms with Gasteiger partial charge in [-0.05, 0) is 12.8 Å². The molecule has 0 rings (SSSR count). The number of methoxy groups -OCH3 is 1. The van der Waals surface area contributed by atoms with Crippen LogP contribution in [0.1, 0.15) is 52.4 Å². The first kappa shape index (κ1) is 19.2. The third-order valence-electron chi connectivity index (χ3n) is 3.08. The van der Waals surface area contributed by atoms with Gasteiger partial charge in [-0.1, -0.05) is 33.1 Å². The van der Waals surface area contributed by atoms with E-state index in [4.69, 9.17) is 5.11 Å². The number of urea groups is 1. The van der Waals surface area contributed by atoms with E-state index in [1.54, 1.807) is 0 Å². The molecule has 0 aliphatic rings. The minimum atomic E-state index is -1.29. The maximum atomic E-state index is 11.8. The van der Waals surface area contributed by atoms with Gasteiger partial charge in [0.15, 0.2) is 0 Å². The molecule has 1 unspecified atom stereocenters. The zero-order chi connectivity index (χ0) is 16.3. The highest BCUT2D eigenvalue weighted by atomic mass is 16.5. The molecule has 0 aromatic carbocycles. The molecule has 122 valence electrons. The van der Waals surface area contributed by atoms with E-state index in [9.17, 15) is 14.4 Å². The van der Waals surface area contributed by atoms with Gasteiger partial charge in [-0.2, -0.15) is 0 Å². The van der Waals surface area contributed by atoms with Crippen molar-refractivity contribution in [3.8, 4) is 0 Å². The second-order valence-electron chi connectivity index (χ2n) is 4.92. The van der Waals surface area contributed by atoms with Gasteiger partial charge in [-0.25, -0.2) is 9.59 Å². The molecule has 7 heteroatoms. The van der Waals surface area contributed by atoms with Crippen molar-refractivity contribution < 1.29 is 24.2 Å². The summed E-state index contributed by atoms with van der Waals surface area (Å²) in [4.78, 5) is 34.0. The normalized spacial score (nSPS) is 13.1. The third kappa shape index (κ3) is 8.88. The first-order chi connectivity index (χ1) is 9.94. The number of nitrogens with one attached hydrogen (secondary N) is 2. The van der Waals surface area contributed by atoms with E-state index in [0.717, 1.165) is 32.1 Å². The molecule has 0 aromatic heterocycles. The van der Waals surface area contributed by atoms with Crippen LogP contribution in [0.5, 0.6) is 0 Å². The molecule has 0 bridgehead atoms. The molecular weight excluding hydrogens is 276 g/mol. The van der Waals surface area contributed by atoms with Crippen LogP contribution in [0.15, 0.2) is 0 Å². The van der Waals surface area contributed by atoms with Crippen LogP contribution in [0, 0.1) is 0 Å². The summed E-state index contributed by atoms with van der Waals surface area (Å²) in [7, 11) is 1.17. The largest absolute Gasteiger partial charge is 0.480 e. The third-order valence-corrected chi connectivity index (χ3v) is 3.08. The summed E-state index contributed by atoms with van der Waals surface area (Å²) in [5, 5.41) is 14.1. The van der Waals surface area contributed by atoms with Crippen LogP contribution >= 0.6 is 0 Å². The summed E-state index contributed by atoms with van der Waals surface area (Å²) >= 11 is 0. The Morgan fingerprint density at radius 2 is 1.76 bits per heavy atom. The van der Waals surface area contributed by atoms with E-state index in [1.165, 1.54) is 7.11 Å². The zero-order valence-electron chi connectivity index (χ0n) is 13.0. The number of carboxylic acid groups (broad SMARTS) is 1. The smallest absolute Gasteiger partial charge is 0.326 e. The van der Waals surface area contributed by atoms with Gasteiger partial charge in [0.05, 0.1) is 13.5 Å². The second kappa shape index (κ2) is 10.9. The summed E-state index contributed by atoms with van der Waals surface area (Å²) in [5.41, 5.74) is 0. The van der Waals surface area contributed by atoms with Crippen LogP contribution in [-0.4, -0.2) is 42.3 Å². The van der Waals surface area contributed by atoms with Gasteiger partial charge >= 0.3 is 18.0 Å². The van der Waals surface area contributed by atoms with Crippen molar-refractivity contribution in [1.82, 2.24) is 10.6 Å². The molecule has 0 spiro atoms. The molecule has 0 radical (unpaired) electrons. The lowest BCUT2D eigenvalue weighted by Crippen LogP contribution is -2.49. The highest BCUT2D eigenvalue weighted by Crippen LogP contribution is 2.07. The molecule has 0 aromatic rings. The fourth-order valence-electron chi connectivity index (χ4n) is 1.92. The lowest BCUT2D eigenvalue weighted by Gasteiger charge is -2.20. The van der Waals surface area contributed by atoms with Crippen LogP contribution in [0.2, 0.25) is 0 Å². The summed E-state index contributed by atoms with van der Waals surface area (Å²) < 4.78 is 4.41. The van der Waals surface area contributed by atoms with Gasteiger partial charge in [0.1, 0.15) is 6.04 Å². The van der Waals surface area contributed by atoms with Crippen molar-refractivity contribution in [3.05, 3.63) is 0 Å². The number of aliphatic carboxylic acids is 1. The highest BCUT2D eigenvalue weighted by Gasteiger charge is 2.24. The minimum absolute atomic E-state index is 0.0162. The monoisotopic (exact) mass is 302 g/mol. The number of hydrogen-bond donors (Lipinski definition) is 3. The lowest BCUT2D eigenvalue weighted by atomic mass is 10.1. The Morgan fingerprint density at radius 3 is 2.24 bits per heavy atom. The summed E-state index contributed by atoms with van der Waals surface area (Å²) in [6, 6.07) is -1.84. The molecular formula is C14H26N2O5. The number of ether oxygens (including phenoxy) is 1. The predicted octanol–water partition coefficient (Wildman–Crippen LogP) is 1.66. The number of rotatable bonds is 10. The standard InChI is InChI=1S/C14H26N2O5/c1-4-6-8-10(7-5-2)15-14(20)16-11(13(18)19)9-12(17)21-3/h10-11H,4-9H2,1-3H3,(H,18,19)(H2,15,16,20)/t10?,11-/m0/s1. The fourth-order valence-corrected chi connectivity index (χ4v) is 1.92. The lowest BCUT2D eigenvalue weighted by molar-refractivity contribution is -0.147. The Balaban J connectivity index is 4.45. The maximum Gasteiger partial charge on any atom is 0.326 e. The molecule has 0 aliphatic carbocycles. The predicted molar refractivity (Wildman–Crippen MR) is 77.9 cm³/mol. The van der Waals surface area contributed by atoms with Gasteiger partial charge in [0.2, 0.25) is 0 Å². The Morgan fingerprint density at radius 1 is 1.10 bits per heavy atom. The van der Waals surface area contributed by atoms with Crippen LogP contribution in [0.4, 0.5) is 4.79 Å². The number of carbonyl (C=O) groups is 3. The van der Waals surface area contributed by atoms with E-state index >= 15 is 0 Å². The number of esters is 1. The van der Waals surface area contributed by atoms with E-state index in [0.29, 0.717) is 0 Å². The SMILES string of the molecule is CCCCC(CCC)NC(=O)N[C@@H](CC(=O)OC)C(=O)O. The first-order valence-corrected chi connectivity index (χ1v) is 7.31. The van der Waals surface area contributed by atoms with Crippen LogP contribution in [-0.2, 0) is 14.3 Å². The second-order valence-corrected chi connectivity index (χ2v) is 4.92. The van der Waals surface area contributed by atoms with Crippen molar-refractivity contribution in [2.75, 3.05) is 7.11 Å². The molecule has 0 aliphatic heterocycles. The van der Waals surface area contributed by atoms with Gasteiger partial charge in [-0.15, -0.1) is 0 Å². The average Bonchev–Trinajstić information content (AvgIpc) is 2.43. The molecule has 3 N–H and O–H groups in total. The van der Waals surface area contributed by atoms with Crippen molar-refractivity contribution in [2.45, 2.75) is 64.5 Å². The Labute approximate surface area is 125 Å². The van der Waals surface area contributed by atoms with E-state index in [1.807, 2.05) is 6.92 Å². The molecule has 0 saturated heterocycles. The summed E-state index contributed by atoms with van der Waals surface area (Å²) in [6.45, 7) is 4.09. The summed E-state index contributed by atoms with van der Waals surface area (Å²) in [6.07, 6.45) is 4.25. The van der Waals surface area contributed by atoms with Gasteiger partial charge < -0.3 is 20.5 Å². The Hall–Kier alpha value is -1.79. The Kier molecular flexibility index (Phi) is 10.0. The molecule has 2 atom stereocenters. The maximum absolute atomic E-state index is 11.8. The quantitative estimate of drug-likeness (QED) is 0.532. The van der Waals surface area contributed by atoms with Gasteiger partial charge in [0.25, 0.3) is 0 Å². The van der Waals surface area contributed by atoms with E-state index in [-0.39, 0.29) is 6.04 Å². The minimum Gasteiger partial charge on any atom is -0.480 e. The number of unbranched alkanes of at least 4 members (excludes halogenated alkanes) is 1. The fraction of sp³-hybridized carbons (Fsp3) is 0.786. The number of amides is 2. The Bertz CT molecular complexity index is 346. The van der Waals surface area contributed by atoms with Crippen molar-refractivity contribution >= 4 is 18.0 Å². The molecule has 2 amide bonds. The number of carboxylic acids is 1. The topological polar surface area (TPSA) is 105 Å². The average molecular weight is 302 g/mol. The van der Waals surface area contributed by atoms with E-state index in [2.05, 4.69) is 22.3 Å².